The molecule has 0 aromatic rings. The van der Waals surface area contributed by atoms with Gasteiger partial charge in [0.15, 0.2) is 6.10 Å². The van der Waals surface area contributed by atoms with Gasteiger partial charge in [0.05, 0.1) is 0 Å². The Morgan fingerprint density at radius 2 is 0.519 bits per heavy atom. The van der Waals surface area contributed by atoms with Crippen LogP contribution in [0.4, 0.5) is 0 Å². The molecule has 1 unspecified atom stereocenters. The maximum Gasteiger partial charge on any atom is 0.306 e. The first-order valence-electron chi connectivity index (χ1n) is 32.3. The van der Waals surface area contributed by atoms with E-state index in [1.807, 2.05) is 6.08 Å². The minimum Gasteiger partial charge on any atom is -0.462 e. The number of ether oxygens (including phenoxy) is 3. The lowest BCUT2D eigenvalue weighted by atomic mass is 10.0. The van der Waals surface area contributed by atoms with Crippen molar-refractivity contribution >= 4 is 17.9 Å². The molecule has 446 valence electrons. The van der Waals surface area contributed by atoms with Gasteiger partial charge in [-0.2, -0.15) is 0 Å². The van der Waals surface area contributed by atoms with Crippen LogP contribution in [-0.4, -0.2) is 37.2 Å². The van der Waals surface area contributed by atoms with Gasteiger partial charge in [0.1, 0.15) is 13.2 Å². The predicted molar refractivity (Wildman–Crippen MR) is 343 cm³/mol. The van der Waals surface area contributed by atoms with Crippen molar-refractivity contribution in [3.05, 3.63) is 146 Å². The van der Waals surface area contributed by atoms with E-state index in [1.54, 1.807) is 0 Å². The zero-order valence-corrected chi connectivity index (χ0v) is 51.1. The van der Waals surface area contributed by atoms with Crippen molar-refractivity contribution in [2.45, 2.75) is 284 Å². The highest BCUT2D eigenvalue weighted by molar-refractivity contribution is 5.71. The van der Waals surface area contributed by atoms with E-state index >= 15 is 0 Å². The molecular weight excluding hydrogens is 973 g/mol. The van der Waals surface area contributed by atoms with Crippen LogP contribution in [0.2, 0.25) is 0 Å². The van der Waals surface area contributed by atoms with Crippen LogP contribution < -0.4 is 0 Å². The minimum atomic E-state index is -0.819. The lowest BCUT2D eigenvalue weighted by molar-refractivity contribution is -0.166. The highest BCUT2D eigenvalue weighted by atomic mass is 16.6. The molecule has 0 N–H and O–H groups in total. The van der Waals surface area contributed by atoms with Gasteiger partial charge in [-0.15, -0.1) is 0 Å². The smallest absolute Gasteiger partial charge is 0.306 e. The quantitative estimate of drug-likeness (QED) is 0.0261. The van der Waals surface area contributed by atoms with Gasteiger partial charge in [-0.05, 0) is 128 Å². The van der Waals surface area contributed by atoms with Crippen molar-refractivity contribution < 1.29 is 28.6 Å². The van der Waals surface area contributed by atoms with E-state index in [-0.39, 0.29) is 37.5 Å². The van der Waals surface area contributed by atoms with E-state index in [0.717, 1.165) is 128 Å². The topological polar surface area (TPSA) is 78.9 Å². The van der Waals surface area contributed by atoms with Gasteiger partial charge < -0.3 is 14.2 Å². The second-order valence-electron chi connectivity index (χ2n) is 20.9. The largest absolute Gasteiger partial charge is 0.462 e. The van der Waals surface area contributed by atoms with Crippen molar-refractivity contribution in [1.82, 2.24) is 0 Å². The molecule has 0 aliphatic carbocycles. The minimum absolute atomic E-state index is 0.109. The molecule has 0 saturated carbocycles. The Bertz CT molecular complexity index is 1730. The van der Waals surface area contributed by atoms with Crippen LogP contribution in [0.1, 0.15) is 278 Å². The van der Waals surface area contributed by atoms with E-state index in [9.17, 15) is 14.4 Å². The summed E-state index contributed by atoms with van der Waals surface area (Å²) in [7, 11) is 0. The van der Waals surface area contributed by atoms with E-state index in [2.05, 4.69) is 161 Å². The Labute approximate surface area is 487 Å². The van der Waals surface area contributed by atoms with Crippen LogP contribution in [0.25, 0.3) is 0 Å². The third kappa shape index (κ3) is 64.0. The van der Waals surface area contributed by atoms with Crippen LogP contribution >= 0.6 is 0 Å². The lowest BCUT2D eigenvalue weighted by Crippen LogP contribution is -2.30. The van der Waals surface area contributed by atoms with E-state index in [0.29, 0.717) is 19.3 Å². The number of rotatable bonds is 57. The van der Waals surface area contributed by atoms with Crippen molar-refractivity contribution in [2.75, 3.05) is 13.2 Å². The van der Waals surface area contributed by atoms with Gasteiger partial charge in [-0.3, -0.25) is 14.4 Å². The average Bonchev–Trinajstić information content (AvgIpc) is 3.45. The second kappa shape index (κ2) is 65.8. The summed E-state index contributed by atoms with van der Waals surface area (Å²) in [4.78, 5) is 38.2. The molecule has 0 rings (SSSR count). The summed E-state index contributed by atoms with van der Waals surface area (Å²) in [6.07, 6.45) is 94.5. The Kier molecular flexibility index (Phi) is 61.9. The molecule has 0 aromatic heterocycles. The molecule has 0 bridgehead atoms. The van der Waals surface area contributed by atoms with Gasteiger partial charge in [0.25, 0.3) is 0 Å². The molecule has 0 aromatic carbocycles. The summed E-state index contributed by atoms with van der Waals surface area (Å²) in [5.41, 5.74) is 0. The third-order valence-electron chi connectivity index (χ3n) is 13.3. The molecule has 0 amide bonds. The Balaban J connectivity index is 4.25. The Morgan fingerprint density at radius 3 is 0.848 bits per heavy atom. The molecule has 1 atom stereocenters. The molecule has 6 nitrogen and oxygen atoms in total. The SMILES string of the molecule is CC/C=C\C/C=C\C/C=C\C/C=C\C/C=C\C/C=C\CCCCCCCCCCCCCCCCC(=O)OCC(COC(=O)CC/C=C\C/C=C\C/C=C\C/C=C\CC)OC(=O)CCCCCCC/C=C\C/C=C\CCCCC. The molecule has 0 heterocycles. The number of allylic oxidation sites excluding steroid dienone is 24. The number of unbranched alkanes of at least 4 members (excludes halogenated alkanes) is 22. The summed E-state index contributed by atoms with van der Waals surface area (Å²) in [5, 5.41) is 0. The zero-order valence-electron chi connectivity index (χ0n) is 51.1. The fraction of sp³-hybridized carbons (Fsp3) is 0.630. The lowest BCUT2D eigenvalue weighted by Gasteiger charge is -2.18. The van der Waals surface area contributed by atoms with E-state index in [4.69, 9.17) is 14.2 Å². The zero-order chi connectivity index (χ0) is 57.1. The van der Waals surface area contributed by atoms with Crippen molar-refractivity contribution in [1.29, 1.82) is 0 Å². The van der Waals surface area contributed by atoms with Gasteiger partial charge in [-0.1, -0.05) is 276 Å². The number of carbonyl (C=O) groups excluding carboxylic acids is 3. The monoisotopic (exact) mass is 1090 g/mol. The average molecular weight is 1090 g/mol. The van der Waals surface area contributed by atoms with Gasteiger partial charge in [-0.25, -0.2) is 0 Å². The maximum absolute atomic E-state index is 12.9. The Morgan fingerprint density at radius 1 is 0.266 bits per heavy atom. The van der Waals surface area contributed by atoms with Gasteiger partial charge >= 0.3 is 17.9 Å². The summed E-state index contributed by atoms with van der Waals surface area (Å²) in [6, 6.07) is 0. The molecule has 0 aliphatic rings. The summed E-state index contributed by atoms with van der Waals surface area (Å²) < 4.78 is 16.8. The predicted octanol–water partition coefficient (Wildman–Crippen LogP) is 22.3. The van der Waals surface area contributed by atoms with E-state index < -0.39 is 6.10 Å². The molecule has 6 heteroatoms. The Hall–Kier alpha value is -4.71. The molecular formula is C73H118O6. The number of carbonyl (C=O) groups is 3. The normalized spacial score (nSPS) is 13.1. The maximum atomic E-state index is 12.9. The van der Waals surface area contributed by atoms with Crippen LogP contribution in [0.3, 0.4) is 0 Å². The number of esters is 3. The van der Waals surface area contributed by atoms with Crippen LogP contribution in [0.15, 0.2) is 146 Å². The highest BCUT2D eigenvalue weighted by Crippen LogP contribution is 2.15. The van der Waals surface area contributed by atoms with Crippen LogP contribution in [0, 0.1) is 0 Å². The van der Waals surface area contributed by atoms with Crippen LogP contribution in [0.5, 0.6) is 0 Å². The molecule has 0 aliphatic heterocycles. The van der Waals surface area contributed by atoms with E-state index in [1.165, 1.54) is 103 Å². The first kappa shape index (κ1) is 74.3. The molecule has 0 saturated heterocycles. The first-order chi connectivity index (χ1) is 39.0. The van der Waals surface area contributed by atoms with Crippen LogP contribution in [-0.2, 0) is 28.6 Å². The molecule has 0 fully saturated rings. The third-order valence-corrected chi connectivity index (χ3v) is 13.3. The van der Waals surface area contributed by atoms with Crippen molar-refractivity contribution in [2.24, 2.45) is 0 Å². The summed E-state index contributed by atoms with van der Waals surface area (Å²) >= 11 is 0. The fourth-order valence-electron chi connectivity index (χ4n) is 8.55. The number of hydrogen-bond donors (Lipinski definition) is 0. The second-order valence-corrected chi connectivity index (χ2v) is 20.9. The summed E-state index contributed by atoms with van der Waals surface area (Å²) in [5.74, 6) is -1.01. The molecule has 0 spiro atoms. The van der Waals surface area contributed by atoms with Crippen molar-refractivity contribution in [3.8, 4) is 0 Å². The standard InChI is InChI=1S/C73H118O6/c1-4-7-10-13-16-19-22-25-27-28-29-30-31-32-33-34-35-36-37-38-39-40-41-42-43-44-46-48-51-54-57-60-63-66-72(75)78-69-70(68-77-71(74)65-62-59-56-53-50-47-24-21-18-15-12-9-6-3)79-73(76)67-64-61-58-55-52-49-45-26-23-20-17-14-11-8-5-2/h7,9-10,12,16-21,25-27,29-30,32-33,35-36,45,47,50,56,59,70H,4-6,8,11,13-15,22-24,28,31,34,37-44,46,48-49,51-55,57-58,60-69H2,1-3H3/b10-7-,12-9-,19-16-,20-17-,21-18-,27-25-,30-29-,33-32-,36-35-,45-26-,50-47-,59-56-. The highest BCUT2D eigenvalue weighted by Gasteiger charge is 2.19. The van der Waals surface area contributed by atoms with Gasteiger partial charge in [0, 0.05) is 19.3 Å². The first-order valence-corrected chi connectivity index (χ1v) is 32.3. The summed E-state index contributed by atoms with van der Waals surface area (Å²) in [6.45, 7) is 6.31. The molecule has 0 radical (unpaired) electrons. The number of hydrogen-bond acceptors (Lipinski definition) is 6. The fourth-order valence-corrected chi connectivity index (χ4v) is 8.55. The molecule has 79 heavy (non-hydrogen) atoms. The van der Waals surface area contributed by atoms with Crippen molar-refractivity contribution in [3.63, 3.8) is 0 Å². The van der Waals surface area contributed by atoms with Gasteiger partial charge in [0.2, 0.25) is 0 Å².